The van der Waals surface area contributed by atoms with Crippen LogP contribution in [0.5, 0.6) is 5.75 Å². The summed E-state index contributed by atoms with van der Waals surface area (Å²) in [5, 5.41) is 13.1. The Labute approximate surface area is 219 Å². The van der Waals surface area contributed by atoms with Crippen LogP contribution < -0.4 is 14.5 Å². The summed E-state index contributed by atoms with van der Waals surface area (Å²) in [4.78, 5) is 7.05. The fourth-order valence-corrected chi connectivity index (χ4v) is 4.97. The Kier molecular flexibility index (Phi) is 7.65. The van der Waals surface area contributed by atoms with E-state index in [1.165, 1.54) is 22.5 Å². The lowest BCUT2D eigenvalue weighted by molar-refractivity contribution is 0.200. The third-order valence-electron chi connectivity index (χ3n) is 7.08. The van der Waals surface area contributed by atoms with Crippen LogP contribution in [-0.4, -0.2) is 72.5 Å². The molecular formula is C29H35N7O. The maximum absolute atomic E-state index is 5.44. The summed E-state index contributed by atoms with van der Waals surface area (Å²) in [6.07, 6.45) is 0.884. The highest BCUT2D eigenvalue weighted by Crippen LogP contribution is 2.31. The Bertz CT molecular complexity index is 1260. The van der Waals surface area contributed by atoms with Crippen molar-refractivity contribution in [1.82, 2.24) is 25.1 Å². The molecule has 1 unspecified atom stereocenters. The van der Waals surface area contributed by atoms with Gasteiger partial charge in [0.05, 0.1) is 13.2 Å². The van der Waals surface area contributed by atoms with Crippen molar-refractivity contribution in [2.75, 3.05) is 57.2 Å². The van der Waals surface area contributed by atoms with Gasteiger partial charge in [-0.3, -0.25) is 4.90 Å². The van der Waals surface area contributed by atoms with Crippen molar-refractivity contribution in [1.29, 1.82) is 0 Å². The molecule has 4 aromatic rings. The van der Waals surface area contributed by atoms with Gasteiger partial charge in [0.15, 0.2) is 5.82 Å². The summed E-state index contributed by atoms with van der Waals surface area (Å²) < 4.78 is 7.42. The number of tetrazole rings is 1. The molecule has 1 atom stereocenters. The van der Waals surface area contributed by atoms with E-state index < -0.39 is 0 Å². The summed E-state index contributed by atoms with van der Waals surface area (Å²) in [7, 11) is 5.84. The van der Waals surface area contributed by atoms with E-state index in [0.717, 1.165) is 50.7 Å². The van der Waals surface area contributed by atoms with Gasteiger partial charge in [0.1, 0.15) is 5.75 Å². The zero-order valence-electron chi connectivity index (χ0n) is 21.9. The van der Waals surface area contributed by atoms with Crippen molar-refractivity contribution in [3.8, 4) is 5.75 Å². The van der Waals surface area contributed by atoms with Crippen LogP contribution in [0.25, 0.3) is 0 Å². The molecule has 0 spiro atoms. The van der Waals surface area contributed by atoms with E-state index in [1.807, 2.05) is 16.8 Å². The molecule has 3 aromatic carbocycles. The number of piperazine rings is 1. The molecule has 0 bridgehead atoms. The molecule has 37 heavy (non-hydrogen) atoms. The Balaban J connectivity index is 1.39. The Hall–Kier alpha value is -3.91. The summed E-state index contributed by atoms with van der Waals surface area (Å²) in [5.74, 6) is 1.78. The number of methoxy groups -OCH3 is 1. The number of nitrogens with zero attached hydrogens (tertiary/aromatic N) is 7. The van der Waals surface area contributed by atoms with Crippen molar-refractivity contribution in [3.63, 3.8) is 0 Å². The van der Waals surface area contributed by atoms with Crippen LogP contribution in [0.1, 0.15) is 23.0 Å². The normalized spacial score (nSPS) is 14.9. The highest BCUT2D eigenvalue weighted by Gasteiger charge is 2.31. The van der Waals surface area contributed by atoms with E-state index >= 15 is 0 Å². The van der Waals surface area contributed by atoms with Gasteiger partial charge in [0, 0.05) is 64.3 Å². The predicted octanol–water partition coefficient (Wildman–Crippen LogP) is 3.90. The summed E-state index contributed by atoms with van der Waals surface area (Å²) in [6.45, 7) is 4.39. The summed E-state index contributed by atoms with van der Waals surface area (Å²) >= 11 is 0. The fourth-order valence-electron chi connectivity index (χ4n) is 4.97. The van der Waals surface area contributed by atoms with Crippen molar-refractivity contribution in [3.05, 3.63) is 95.8 Å². The monoisotopic (exact) mass is 497 g/mol. The average molecular weight is 498 g/mol. The second-order valence-electron chi connectivity index (χ2n) is 9.61. The largest absolute Gasteiger partial charge is 0.497 e. The molecule has 2 heterocycles. The van der Waals surface area contributed by atoms with Gasteiger partial charge in [-0.2, -0.15) is 0 Å². The number of ether oxygens (including phenoxy) is 1. The van der Waals surface area contributed by atoms with E-state index in [2.05, 4.69) is 111 Å². The first kappa shape index (κ1) is 24.8. The van der Waals surface area contributed by atoms with Crippen molar-refractivity contribution < 1.29 is 4.74 Å². The third-order valence-corrected chi connectivity index (χ3v) is 7.08. The third kappa shape index (κ3) is 5.75. The Morgan fingerprint density at radius 1 is 0.892 bits per heavy atom. The standard InChI is InChI=1S/C29H35N7O/c1-33(2)25-14-12-24(13-15-25)28(29-30-31-32-36(29)17-16-23-8-5-4-6-9-23)35-20-18-34(19-21-35)26-10-7-11-27(22-26)37-3/h4-15,22,28H,16-21H2,1-3H3. The first-order valence-electron chi connectivity index (χ1n) is 12.8. The maximum atomic E-state index is 5.44. The van der Waals surface area contributed by atoms with Gasteiger partial charge in [0.2, 0.25) is 0 Å². The van der Waals surface area contributed by atoms with Gasteiger partial charge < -0.3 is 14.5 Å². The van der Waals surface area contributed by atoms with Crippen LogP contribution >= 0.6 is 0 Å². The first-order chi connectivity index (χ1) is 18.1. The number of hydrogen-bond acceptors (Lipinski definition) is 7. The zero-order valence-corrected chi connectivity index (χ0v) is 21.9. The van der Waals surface area contributed by atoms with Crippen LogP contribution in [0.4, 0.5) is 11.4 Å². The molecular weight excluding hydrogens is 462 g/mol. The molecule has 0 amide bonds. The van der Waals surface area contributed by atoms with Crippen LogP contribution in [0.3, 0.4) is 0 Å². The quantitative estimate of drug-likeness (QED) is 0.348. The molecule has 1 fully saturated rings. The van der Waals surface area contributed by atoms with Gasteiger partial charge in [-0.05, 0) is 52.2 Å². The van der Waals surface area contributed by atoms with E-state index in [4.69, 9.17) is 4.74 Å². The number of aryl methyl sites for hydroxylation is 2. The number of hydrogen-bond donors (Lipinski definition) is 0. The van der Waals surface area contributed by atoms with Crippen LogP contribution in [-0.2, 0) is 13.0 Å². The van der Waals surface area contributed by atoms with Crippen LogP contribution in [0.2, 0.25) is 0 Å². The molecule has 1 aliphatic rings. The minimum absolute atomic E-state index is 0.0190. The molecule has 1 saturated heterocycles. The second kappa shape index (κ2) is 11.4. The summed E-state index contributed by atoms with van der Waals surface area (Å²) in [5.41, 5.74) is 4.85. The van der Waals surface area contributed by atoms with Gasteiger partial charge >= 0.3 is 0 Å². The smallest absolute Gasteiger partial charge is 0.173 e. The second-order valence-corrected chi connectivity index (χ2v) is 9.61. The van der Waals surface area contributed by atoms with Gasteiger partial charge in [-0.15, -0.1) is 5.10 Å². The van der Waals surface area contributed by atoms with Gasteiger partial charge in [0.25, 0.3) is 0 Å². The van der Waals surface area contributed by atoms with Crippen LogP contribution in [0.15, 0.2) is 78.9 Å². The molecule has 5 rings (SSSR count). The molecule has 8 nitrogen and oxygen atoms in total. The van der Waals surface area contributed by atoms with E-state index in [1.54, 1.807) is 7.11 Å². The lowest BCUT2D eigenvalue weighted by Gasteiger charge is -2.40. The number of benzene rings is 3. The highest BCUT2D eigenvalue weighted by molar-refractivity contribution is 5.51. The van der Waals surface area contributed by atoms with Gasteiger partial charge in [-0.25, -0.2) is 4.68 Å². The first-order valence-corrected chi connectivity index (χ1v) is 12.8. The summed E-state index contributed by atoms with van der Waals surface area (Å²) in [6, 6.07) is 27.6. The molecule has 0 aliphatic carbocycles. The highest BCUT2D eigenvalue weighted by atomic mass is 16.5. The molecule has 0 radical (unpaired) electrons. The van der Waals surface area contributed by atoms with Crippen molar-refractivity contribution in [2.24, 2.45) is 0 Å². The Morgan fingerprint density at radius 3 is 2.35 bits per heavy atom. The fraction of sp³-hybridized carbons (Fsp3) is 0.345. The number of aromatic nitrogens is 4. The van der Waals surface area contributed by atoms with Crippen molar-refractivity contribution >= 4 is 11.4 Å². The van der Waals surface area contributed by atoms with Crippen LogP contribution in [0, 0.1) is 0 Å². The lowest BCUT2D eigenvalue weighted by Crippen LogP contribution is -2.48. The minimum atomic E-state index is -0.0190. The SMILES string of the molecule is COc1cccc(N2CCN(C(c3ccc(N(C)C)cc3)c3nnnn3CCc3ccccc3)CC2)c1. The topological polar surface area (TPSA) is 62.6 Å². The molecule has 0 saturated carbocycles. The van der Waals surface area contributed by atoms with Gasteiger partial charge in [-0.1, -0.05) is 48.5 Å². The number of anilines is 2. The minimum Gasteiger partial charge on any atom is -0.497 e. The molecule has 1 aliphatic heterocycles. The number of rotatable bonds is 9. The molecule has 192 valence electrons. The molecule has 0 N–H and O–H groups in total. The van der Waals surface area contributed by atoms with E-state index in [-0.39, 0.29) is 6.04 Å². The average Bonchev–Trinajstić information content (AvgIpc) is 3.41. The zero-order chi connectivity index (χ0) is 25.6. The molecule has 1 aromatic heterocycles. The van der Waals surface area contributed by atoms with Crippen molar-refractivity contribution in [2.45, 2.75) is 19.0 Å². The maximum Gasteiger partial charge on any atom is 0.173 e. The van der Waals surface area contributed by atoms with E-state index in [0.29, 0.717) is 0 Å². The Morgan fingerprint density at radius 2 is 1.65 bits per heavy atom. The van der Waals surface area contributed by atoms with E-state index in [9.17, 15) is 0 Å². The molecule has 8 heteroatoms. The lowest BCUT2D eigenvalue weighted by atomic mass is 10.0. The predicted molar refractivity (Wildman–Crippen MR) is 147 cm³/mol.